The standard InChI is InChI=1S/C14H9F3N4O2.C5H10/c15-14(16,17)23-7-1-2-9(11(22)5-7)12-8-3-4-19-6-10(8)13(18)21-20-12;1-5-3-2-4-5/h1-6,22H,(H2,18,21);5H,2-4H2,1H3. The van der Waals surface area contributed by atoms with E-state index in [2.05, 4.69) is 26.8 Å². The highest BCUT2D eigenvalue weighted by atomic mass is 19.4. The van der Waals surface area contributed by atoms with Crippen LogP contribution in [0.2, 0.25) is 0 Å². The van der Waals surface area contributed by atoms with Crippen molar-refractivity contribution in [3.8, 4) is 22.8 Å². The van der Waals surface area contributed by atoms with Crippen LogP contribution in [0.1, 0.15) is 26.2 Å². The van der Waals surface area contributed by atoms with Crippen LogP contribution in [0.4, 0.5) is 19.0 Å². The van der Waals surface area contributed by atoms with Crippen LogP contribution in [-0.2, 0) is 0 Å². The van der Waals surface area contributed by atoms with E-state index >= 15 is 0 Å². The van der Waals surface area contributed by atoms with Crippen molar-refractivity contribution in [2.45, 2.75) is 32.5 Å². The lowest BCUT2D eigenvalue weighted by atomic mass is 9.88. The molecule has 1 aliphatic carbocycles. The number of phenols is 1. The average molecular weight is 392 g/mol. The Balaban J connectivity index is 0.000000391. The predicted octanol–water partition coefficient (Wildman–Crippen LogP) is 4.68. The molecule has 0 amide bonds. The first-order valence-electron chi connectivity index (χ1n) is 8.69. The molecule has 1 fully saturated rings. The number of pyridine rings is 1. The van der Waals surface area contributed by atoms with Gasteiger partial charge in [-0.2, -0.15) is 0 Å². The molecule has 3 aromatic rings. The zero-order valence-corrected chi connectivity index (χ0v) is 15.1. The number of fused-ring (bicyclic) bond motifs is 1. The highest BCUT2D eigenvalue weighted by molar-refractivity contribution is 5.99. The molecule has 2 heterocycles. The van der Waals surface area contributed by atoms with Gasteiger partial charge >= 0.3 is 6.36 Å². The van der Waals surface area contributed by atoms with Gasteiger partial charge < -0.3 is 15.6 Å². The number of halogens is 3. The third-order valence-corrected chi connectivity index (χ3v) is 4.46. The number of benzene rings is 1. The number of nitrogen functional groups attached to an aromatic ring is 1. The predicted molar refractivity (Wildman–Crippen MR) is 98.5 cm³/mol. The topological polar surface area (TPSA) is 94.2 Å². The number of rotatable bonds is 2. The lowest BCUT2D eigenvalue weighted by molar-refractivity contribution is -0.274. The summed E-state index contributed by atoms with van der Waals surface area (Å²) in [6.07, 6.45) is 2.61. The Labute approximate surface area is 159 Å². The fourth-order valence-corrected chi connectivity index (χ4v) is 2.74. The molecule has 0 aliphatic heterocycles. The van der Waals surface area contributed by atoms with Crippen molar-refractivity contribution in [3.63, 3.8) is 0 Å². The molecule has 9 heteroatoms. The molecule has 0 spiro atoms. The molecule has 4 rings (SSSR count). The lowest BCUT2D eigenvalue weighted by Crippen LogP contribution is -2.17. The van der Waals surface area contributed by atoms with Gasteiger partial charge in [-0.05, 0) is 24.1 Å². The van der Waals surface area contributed by atoms with Crippen molar-refractivity contribution < 1.29 is 23.0 Å². The average Bonchev–Trinajstić information content (AvgIpc) is 2.61. The SMILES string of the molecule is CC1CCC1.Nc1nnc(-c2ccc(OC(F)(F)F)cc2O)c2ccncc12. The highest BCUT2D eigenvalue weighted by Gasteiger charge is 2.31. The Morgan fingerprint density at radius 3 is 2.43 bits per heavy atom. The van der Waals surface area contributed by atoms with Crippen molar-refractivity contribution in [1.29, 1.82) is 0 Å². The molecule has 1 aliphatic rings. The molecule has 0 unspecified atom stereocenters. The molecule has 28 heavy (non-hydrogen) atoms. The molecule has 2 aromatic heterocycles. The number of hydrogen-bond donors (Lipinski definition) is 2. The number of anilines is 1. The van der Waals surface area contributed by atoms with E-state index in [-0.39, 0.29) is 17.1 Å². The number of hydrogen-bond acceptors (Lipinski definition) is 6. The number of ether oxygens (including phenoxy) is 1. The third kappa shape index (κ3) is 4.59. The van der Waals surface area contributed by atoms with E-state index in [9.17, 15) is 18.3 Å². The monoisotopic (exact) mass is 392 g/mol. The van der Waals surface area contributed by atoms with Gasteiger partial charge in [0.05, 0.1) is 0 Å². The van der Waals surface area contributed by atoms with Crippen molar-refractivity contribution in [2.24, 2.45) is 5.92 Å². The van der Waals surface area contributed by atoms with Gasteiger partial charge in [-0.1, -0.05) is 26.2 Å². The smallest absolute Gasteiger partial charge is 0.507 e. The molecule has 1 aromatic carbocycles. The fourth-order valence-electron chi connectivity index (χ4n) is 2.74. The van der Waals surface area contributed by atoms with E-state index in [4.69, 9.17) is 5.73 Å². The molecule has 0 bridgehead atoms. The van der Waals surface area contributed by atoms with Crippen LogP contribution in [-0.4, -0.2) is 26.7 Å². The van der Waals surface area contributed by atoms with Crippen molar-refractivity contribution in [2.75, 3.05) is 5.73 Å². The Kier molecular flexibility index (Phi) is 5.53. The Bertz CT molecular complexity index is 975. The summed E-state index contributed by atoms with van der Waals surface area (Å²) in [6.45, 7) is 2.31. The van der Waals surface area contributed by atoms with Crippen LogP contribution in [0.3, 0.4) is 0 Å². The van der Waals surface area contributed by atoms with Crippen LogP contribution < -0.4 is 10.5 Å². The molecule has 0 saturated heterocycles. The summed E-state index contributed by atoms with van der Waals surface area (Å²) in [5, 5.41) is 18.8. The molecule has 0 atom stereocenters. The molecular formula is C19H19F3N4O2. The maximum absolute atomic E-state index is 12.2. The lowest BCUT2D eigenvalue weighted by Gasteiger charge is -2.18. The van der Waals surface area contributed by atoms with Crippen LogP contribution >= 0.6 is 0 Å². The zero-order valence-electron chi connectivity index (χ0n) is 15.1. The summed E-state index contributed by atoms with van der Waals surface area (Å²) >= 11 is 0. The Morgan fingerprint density at radius 2 is 1.86 bits per heavy atom. The van der Waals surface area contributed by atoms with Gasteiger partial charge in [0.15, 0.2) is 5.82 Å². The normalized spacial score (nSPS) is 14.1. The summed E-state index contributed by atoms with van der Waals surface area (Å²) < 4.78 is 40.4. The number of alkyl halides is 3. The molecule has 148 valence electrons. The largest absolute Gasteiger partial charge is 0.573 e. The molecular weight excluding hydrogens is 373 g/mol. The number of nitrogens with two attached hydrogens (primary N) is 1. The van der Waals surface area contributed by atoms with Gasteiger partial charge in [-0.15, -0.1) is 23.4 Å². The summed E-state index contributed by atoms with van der Waals surface area (Å²) in [4.78, 5) is 3.93. The number of aromatic hydroxyl groups is 1. The van der Waals surface area contributed by atoms with Gasteiger partial charge in [-0.3, -0.25) is 4.98 Å². The first-order valence-corrected chi connectivity index (χ1v) is 8.69. The van der Waals surface area contributed by atoms with Crippen molar-refractivity contribution in [1.82, 2.24) is 15.2 Å². The summed E-state index contributed by atoms with van der Waals surface area (Å²) in [5.41, 5.74) is 6.18. The van der Waals surface area contributed by atoms with E-state index < -0.39 is 17.9 Å². The molecule has 3 N–H and O–H groups in total. The second kappa shape index (κ2) is 7.87. The quantitative estimate of drug-likeness (QED) is 0.657. The minimum absolute atomic E-state index is 0.161. The first kappa shape index (κ1) is 19.7. The van der Waals surface area contributed by atoms with Gasteiger partial charge in [0.1, 0.15) is 17.2 Å². The highest BCUT2D eigenvalue weighted by Crippen LogP contribution is 2.36. The van der Waals surface area contributed by atoms with E-state index in [0.717, 1.165) is 18.1 Å². The second-order valence-corrected chi connectivity index (χ2v) is 6.62. The minimum atomic E-state index is -4.84. The molecule has 6 nitrogen and oxygen atoms in total. The van der Waals surface area contributed by atoms with Gasteiger partial charge in [0.2, 0.25) is 0 Å². The van der Waals surface area contributed by atoms with E-state index in [1.54, 1.807) is 6.07 Å². The van der Waals surface area contributed by atoms with Crippen LogP contribution in [0.5, 0.6) is 11.5 Å². The Morgan fingerprint density at radius 1 is 1.14 bits per heavy atom. The maximum atomic E-state index is 12.2. The fraction of sp³-hybridized carbons (Fsp3) is 0.316. The third-order valence-electron chi connectivity index (χ3n) is 4.46. The summed E-state index contributed by atoms with van der Waals surface area (Å²) in [7, 11) is 0. The van der Waals surface area contributed by atoms with Crippen LogP contribution in [0.25, 0.3) is 22.0 Å². The minimum Gasteiger partial charge on any atom is -0.507 e. The second-order valence-electron chi connectivity index (χ2n) is 6.62. The van der Waals surface area contributed by atoms with E-state index in [1.165, 1.54) is 37.7 Å². The van der Waals surface area contributed by atoms with Crippen LogP contribution in [0, 0.1) is 5.92 Å². The van der Waals surface area contributed by atoms with E-state index in [1.807, 2.05) is 0 Å². The summed E-state index contributed by atoms with van der Waals surface area (Å²) in [5.74, 6) is 0.264. The van der Waals surface area contributed by atoms with Gasteiger partial charge in [-0.25, -0.2) is 0 Å². The van der Waals surface area contributed by atoms with E-state index in [0.29, 0.717) is 10.8 Å². The number of aromatic nitrogens is 3. The maximum Gasteiger partial charge on any atom is 0.573 e. The van der Waals surface area contributed by atoms with Crippen molar-refractivity contribution >= 4 is 16.6 Å². The Hall–Kier alpha value is -3.10. The van der Waals surface area contributed by atoms with Gasteiger partial charge in [0.25, 0.3) is 0 Å². The molecule has 1 saturated carbocycles. The zero-order chi connectivity index (χ0) is 20.3. The van der Waals surface area contributed by atoms with Gasteiger partial charge in [0, 0.05) is 34.8 Å². The summed E-state index contributed by atoms with van der Waals surface area (Å²) in [6, 6.07) is 4.81. The first-order chi connectivity index (χ1) is 13.2. The number of phenolic OH excluding ortho intramolecular Hbond substituents is 1. The molecule has 0 radical (unpaired) electrons. The number of nitrogens with zero attached hydrogens (tertiary/aromatic N) is 3. The van der Waals surface area contributed by atoms with Crippen molar-refractivity contribution in [3.05, 3.63) is 36.7 Å². The van der Waals surface area contributed by atoms with Crippen LogP contribution in [0.15, 0.2) is 36.7 Å².